The minimum atomic E-state index is 0.176. The molecular formula is C26H31N5O. The van der Waals surface area contributed by atoms with Crippen molar-refractivity contribution < 1.29 is 4.79 Å². The van der Waals surface area contributed by atoms with E-state index in [1.54, 1.807) is 0 Å². The van der Waals surface area contributed by atoms with Gasteiger partial charge in [-0.15, -0.1) is 10.2 Å². The maximum atomic E-state index is 13.1. The van der Waals surface area contributed by atoms with E-state index in [9.17, 15) is 4.79 Å². The maximum absolute atomic E-state index is 13.1. The first-order valence-corrected chi connectivity index (χ1v) is 11.8. The lowest BCUT2D eigenvalue weighted by molar-refractivity contribution is -0.137. The van der Waals surface area contributed by atoms with Crippen molar-refractivity contribution in [3.05, 3.63) is 48.8 Å². The summed E-state index contributed by atoms with van der Waals surface area (Å²) in [5, 5.41) is 11.3. The molecule has 2 aliphatic rings. The lowest BCUT2D eigenvalue weighted by Crippen LogP contribution is -2.55. The number of carbonyl (C=O) groups excluding carboxylic acids is 1. The molecule has 0 radical (unpaired) electrons. The normalized spacial score (nSPS) is 24.0. The number of hydrogen-bond donors (Lipinski definition) is 0. The fourth-order valence-electron chi connectivity index (χ4n) is 5.24. The summed E-state index contributed by atoms with van der Waals surface area (Å²) in [4.78, 5) is 21.9. The van der Waals surface area contributed by atoms with Crippen LogP contribution in [0.15, 0.2) is 48.8 Å². The predicted octanol–water partition coefficient (Wildman–Crippen LogP) is 4.56. The quantitative estimate of drug-likeness (QED) is 0.611. The van der Waals surface area contributed by atoms with E-state index >= 15 is 0 Å². The smallest absolute Gasteiger partial charge is 0.225 e. The zero-order valence-electron chi connectivity index (χ0n) is 18.9. The highest BCUT2D eigenvalue weighted by atomic mass is 16.2. The van der Waals surface area contributed by atoms with Crippen molar-refractivity contribution in [3.63, 3.8) is 0 Å². The van der Waals surface area contributed by atoms with E-state index in [-0.39, 0.29) is 12.0 Å². The Morgan fingerprint density at radius 2 is 1.72 bits per heavy atom. The van der Waals surface area contributed by atoms with Crippen LogP contribution in [0.1, 0.15) is 39.5 Å². The number of carbonyl (C=O) groups is 1. The first-order valence-electron chi connectivity index (χ1n) is 11.8. The van der Waals surface area contributed by atoms with Crippen LogP contribution in [0, 0.1) is 11.8 Å². The molecule has 1 aromatic carbocycles. The molecule has 2 fully saturated rings. The molecule has 1 unspecified atom stereocenters. The zero-order valence-corrected chi connectivity index (χ0v) is 18.9. The molecule has 3 heterocycles. The van der Waals surface area contributed by atoms with Crippen molar-refractivity contribution in [3.8, 4) is 11.3 Å². The molecule has 5 rings (SSSR count). The molecule has 3 aromatic rings. The third-order valence-electron chi connectivity index (χ3n) is 7.19. The summed E-state index contributed by atoms with van der Waals surface area (Å²) in [5.74, 6) is 2.17. The summed E-state index contributed by atoms with van der Waals surface area (Å²) in [6, 6.07) is 12.4. The average molecular weight is 430 g/mol. The maximum Gasteiger partial charge on any atom is 0.225 e. The highest BCUT2D eigenvalue weighted by Crippen LogP contribution is 2.33. The molecular weight excluding hydrogens is 398 g/mol. The summed E-state index contributed by atoms with van der Waals surface area (Å²) < 4.78 is 0. The molecule has 1 aliphatic carbocycles. The number of benzene rings is 1. The largest absolute Gasteiger partial charge is 0.348 e. The van der Waals surface area contributed by atoms with Gasteiger partial charge in [-0.05, 0) is 44.6 Å². The number of piperazine rings is 1. The van der Waals surface area contributed by atoms with Gasteiger partial charge in [0.05, 0.1) is 0 Å². The number of anilines is 1. The fourth-order valence-corrected chi connectivity index (χ4v) is 5.24. The van der Waals surface area contributed by atoms with E-state index in [0.29, 0.717) is 5.91 Å². The highest BCUT2D eigenvalue weighted by Gasteiger charge is 2.33. The van der Waals surface area contributed by atoms with E-state index in [1.165, 1.54) is 12.8 Å². The van der Waals surface area contributed by atoms with Crippen molar-refractivity contribution in [2.75, 3.05) is 24.5 Å². The summed E-state index contributed by atoms with van der Waals surface area (Å²) >= 11 is 0. The SMILES string of the molecule is CC1CCC(C(=O)N2CCN(c3nnc(-c4ccccc4)c4ccncc34)C(C)C2)CC1. The monoisotopic (exact) mass is 429 g/mol. The van der Waals surface area contributed by atoms with Crippen molar-refractivity contribution in [2.24, 2.45) is 11.8 Å². The van der Waals surface area contributed by atoms with Crippen LogP contribution in [0.3, 0.4) is 0 Å². The van der Waals surface area contributed by atoms with Gasteiger partial charge in [-0.2, -0.15) is 0 Å². The number of rotatable bonds is 3. The molecule has 1 saturated heterocycles. The Balaban J connectivity index is 1.38. The minimum absolute atomic E-state index is 0.176. The Kier molecular flexibility index (Phi) is 5.77. The van der Waals surface area contributed by atoms with Gasteiger partial charge < -0.3 is 9.80 Å². The minimum Gasteiger partial charge on any atom is -0.348 e. The van der Waals surface area contributed by atoms with Crippen LogP contribution in [0.2, 0.25) is 0 Å². The van der Waals surface area contributed by atoms with Gasteiger partial charge in [0.1, 0.15) is 5.69 Å². The molecule has 32 heavy (non-hydrogen) atoms. The van der Waals surface area contributed by atoms with Crippen LogP contribution in [-0.2, 0) is 4.79 Å². The number of fused-ring (bicyclic) bond motifs is 1. The van der Waals surface area contributed by atoms with E-state index in [0.717, 1.165) is 66.2 Å². The van der Waals surface area contributed by atoms with Crippen LogP contribution in [0.5, 0.6) is 0 Å². The second-order valence-electron chi connectivity index (χ2n) is 9.44. The van der Waals surface area contributed by atoms with Gasteiger partial charge in [0.2, 0.25) is 5.91 Å². The first-order chi connectivity index (χ1) is 15.6. The van der Waals surface area contributed by atoms with Gasteiger partial charge in [-0.3, -0.25) is 9.78 Å². The number of pyridine rings is 1. The molecule has 0 N–H and O–H groups in total. The van der Waals surface area contributed by atoms with Crippen LogP contribution in [0.4, 0.5) is 5.82 Å². The number of amides is 1. The number of hydrogen-bond acceptors (Lipinski definition) is 5. The fraction of sp³-hybridized carbons (Fsp3) is 0.462. The van der Waals surface area contributed by atoms with Crippen molar-refractivity contribution in [1.82, 2.24) is 20.1 Å². The van der Waals surface area contributed by atoms with E-state index < -0.39 is 0 Å². The van der Waals surface area contributed by atoms with Gasteiger partial charge >= 0.3 is 0 Å². The second kappa shape index (κ2) is 8.85. The summed E-state index contributed by atoms with van der Waals surface area (Å²) in [6.07, 6.45) is 8.13. The topological polar surface area (TPSA) is 62.2 Å². The number of aromatic nitrogens is 3. The molecule has 1 saturated carbocycles. The summed E-state index contributed by atoms with van der Waals surface area (Å²) in [5.41, 5.74) is 1.92. The van der Waals surface area contributed by atoms with Crippen LogP contribution < -0.4 is 4.90 Å². The Morgan fingerprint density at radius 1 is 0.938 bits per heavy atom. The molecule has 1 aliphatic heterocycles. The van der Waals surface area contributed by atoms with Crippen molar-refractivity contribution in [2.45, 2.75) is 45.6 Å². The van der Waals surface area contributed by atoms with E-state index in [4.69, 9.17) is 0 Å². The van der Waals surface area contributed by atoms with Crippen molar-refractivity contribution in [1.29, 1.82) is 0 Å². The summed E-state index contributed by atoms with van der Waals surface area (Å²) in [6.45, 7) is 6.70. The lowest BCUT2D eigenvalue weighted by Gasteiger charge is -2.42. The predicted molar refractivity (Wildman–Crippen MR) is 127 cm³/mol. The van der Waals surface area contributed by atoms with E-state index in [2.05, 4.69) is 51.0 Å². The Labute approximate surface area is 189 Å². The molecule has 1 amide bonds. The second-order valence-corrected chi connectivity index (χ2v) is 9.44. The average Bonchev–Trinajstić information content (AvgIpc) is 2.84. The van der Waals surface area contributed by atoms with Crippen molar-refractivity contribution >= 4 is 22.5 Å². The molecule has 0 bridgehead atoms. The van der Waals surface area contributed by atoms with Gasteiger partial charge in [-0.25, -0.2) is 0 Å². The van der Waals surface area contributed by atoms with Gasteiger partial charge in [0, 0.05) is 60.3 Å². The number of nitrogens with zero attached hydrogens (tertiary/aromatic N) is 5. The van der Waals surface area contributed by atoms with Gasteiger partial charge in [0.25, 0.3) is 0 Å². The zero-order chi connectivity index (χ0) is 22.1. The third-order valence-corrected chi connectivity index (χ3v) is 7.19. The molecule has 0 spiro atoms. The van der Waals surface area contributed by atoms with Gasteiger partial charge in [-0.1, -0.05) is 37.3 Å². The third kappa shape index (κ3) is 3.94. The Bertz CT molecular complexity index is 1090. The standard InChI is InChI=1S/C26H31N5O/c1-18-8-10-21(11-9-18)26(32)30-14-15-31(19(2)17-30)25-23-16-27-13-12-22(23)24(28-29-25)20-6-4-3-5-7-20/h3-7,12-13,16,18-19,21H,8-11,14-15,17H2,1-2H3. The Hall–Kier alpha value is -3.02. The highest BCUT2D eigenvalue weighted by molar-refractivity contribution is 5.99. The van der Waals surface area contributed by atoms with Crippen LogP contribution >= 0.6 is 0 Å². The van der Waals surface area contributed by atoms with Gasteiger partial charge in [0.15, 0.2) is 5.82 Å². The molecule has 1 atom stereocenters. The Morgan fingerprint density at radius 3 is 2.47 bits per heavy atom. The molecule has 166 valence electrons. The summed E-state index contributed by atoms with van der Waals surface area (Å²) in [7, 11) is 0. The molecule has 6 heteroatoms. The van der Waals surface area contributed by atoms with E-state index in [1.807, 2.05) is 36.7 Å². The lowest BCUT2D eigenvalue weighted by atomic mass is 9.82. The molecule has 6 nitrogen and oxygen atoms in total. The molecule has 2 aromatic heterocycles. The first kappa shape index (κ1) is 20.9. The van der Waals surface area contributed by atoms with Crippen LogP contribution in [0.25, 0.3) is 22.0 Å². The van der Waals surface area contributed by atoms with Crippen LogP contribution in [-0.4, -0.2) is 51.7 Å².